The molecule has 0 fully saturated rings. The Balaban J connectivity index is 1.52. The molecule has 1 aromatic carbocycles. The molecule has 2 N–H and O–H groups in total. The highest BCUT2D eigenvalue weighted by Crippen LogP contribution is 2.09. The number of nitrogens with one attached hydrogen (secondary N) is 2. The molecule has 0 saturated carbocycles. The van der Waals surface area contributed by atoms with Gasteiger partial charge in [-0.05, 0) is 37.3 Å². The zero-order chi connectivity index (χ0) is 16.9. The Labute approximate surface area is 139 Å². The molecular weight excluding hydrogens is 304 g/mol. The smallest absolute Gasteiger partial charge is 0.269 e. The SMILES string of the molecule is Cc1ccc(NC(=O)CCNC(=O)c2cccc3ccnn23)cc1. The zero-order valence-corrected chi connectivity index (χ0v) is 13.3. The predicted molar refractivity (Wildman–Crippen MR) is 92.0 cm³/mol. The van der Waals surface area contributed by atoms with E-state index in [1.165, 1.54) is 0 Å². The van der Waals surface area contributed by atoms with Gasteiger partial charge in [-0.25, -0.2) is 4.52 Å². The van der Waals surface area contributed by atoms with Gasteiger partial charge in [-0.3, -0.25) is 9.59 Å². The highest BCUT2D eigenvalue weighted by Gasteiger charge is 2.10. The van der Waals surface area contributed by atoms with Gasteiger partial charge in [0.15, 0.2) is 0 Å². The van der Waals surface area contributed by atoms with Gasteiger partial charge in [0.2, 0.25) is 5.91 Å². The molecular formula is C18H18N4O2. The number of aryl methyl sites for hydroxylation is 1. The number of amides is 2. The van der Waals surface area contributed by atoms with Gasteiger partial charge in [-0.2, -0.15) is 5.10 Å². The Bertz CT molecular complexity index is 868. The van der Waals surface area contributed by atoms with Crippen molar-refractivity contribution in [3.63, 3.8) is 0 Å². The van der Waals surface area contributed by atoms with Gasteiger partial charge < -0.3 is 10.6 Å². The first-order valence-electron chi connectivity index (χ1n) is 7.71. The minimum Gasteiger partial charge on any atom is -0.350 e. The van der Waals surface area contributed by atoms with Crippen molar-refractivity contribution in [3.8, 4) is 0 Å². The van der Waals surface area contributed by atoms with Crippen molar-refractivity contribution in [2.45, 2.75) is 13.3 Å². The Morgan fingerprint density at radius 2 is 1.88 bits per heavy atom. The van der Waals surface area contributed by atoms with E-state index < -0.39 is 0 Å². The minimum atomic E-state index is -0.257. The molecule has 0 atom stereocenters. The average molecular weight is 322 g/mol. The lowest BCUT2D eigenvalue weighted by molar-refractivity contribution is -0.116. The highest BCUT2D eigenvalue weighted by molar-refractivity contribution is 5.94. The normalized spacial score (nSPS) is 10.5. The number of nitrogens with zero attached hydrogens (tertiary/aromatic N) is 2. The second-order valence-corrected chi connectivity index (χ2v) is 5.50. The Morgan fingerprint density at radius 3 is 2.67 bits per heavy atom. The van der Waals surface area contributed by atoms with Crippen molar-refractivity contribution in [2.24, 2.45) is 0 Å². The maximum Gasteiger partial charge on any atom is 0.269 e. The van der Waals surface area contributed by atoms with Crippen LogP contribution in [0.4, 0.5) is 5.69 Å². The summed E-state index contributed by atoms with van der Waals surface area (Å²) in [6, 6.07) is 14.8. The van der Waals surface area contributed by atoms with Crippen LogP contribution in [-0.4, -0.2) is 28.0 Å². The molecule has 2 amide bonds. The summed E-state index contributed by atoms with van der Waals surface area (Å²) in [7, 11) is 0. The van der Waals surface area contributed by atoms with E-state index in [9.17, 15) is 9.59 Å². The minimum absolute atomic E-state index is 0.142. The topological polar surface area (TPSA) is 75.5 Å². The lowest BCUT2D eigenvalue weighted by Gasteiger charge is -2.08. The number of pyridine rings is 1. The molecule has 0 aliphatic rings. The van der Waals surface area contributed by atoms with Crippen LogP contribution in [0.25, 0.3) is 5.52 Å². The second kappa shape index (κ2) is 6.95. The molecule has 0 unspecified atom stereocenters. The van der Waals surface area contributed by atoms with Crippen LogP contribution < -0.4 is 10.6 Å². The van der Waals surface area contributed by atoms with Gasteiger partial charge in [0.05, 0.1) is 11.7 Å². The largest absolute Gasteiger partial charge is 0.350 e. The predicted octanol–water partition coefficient (Wildman–Crippen LogP) is 2.40. The summed E-state index contributed by atoms with van der Waals surface area (Å²) in [6.45, 7) is 2.25. The molecule has 0 aliphatic heterocycles. The van der Waals surface area contributed by atoms with Gasteiger partial charge >= 0.3 is 0 Å². The molecule has 0 aliphatic carbocycles. The van der Waals surface area contributed by atoms with Gasteiger partial charge in [0, 0.05) is 18.7 Å². The number of benzene rings is 1. The third-order valence-electron chi connectivity index (χ3n) is 3.63. The molecule has 3 rings (SSSR count). The van der Waals surface area contributed by atoms with Crippen molar-refractivity contribution >= 4 is 23.0 Å². The first kappa shape index (κ1) is 15.7. The van der Waals surface area contributed by atoms with Crippen molar-refractivity contribution in [3.05, 3.63) is 66.0 Å². The lowest BCUT2D eigenvalue weighted by atomic mass is 10.2. The Morgan fingerprint density at radius 1 is 1.08 bits per heavy atom. The molecule has 0 radical (unpaired) electrons. The number of hydrogen-bond donors (Lipinski definition) is 2. The number of carbonyl (C=O) groups is 2. The van der Waals surface area contributed by atoms with E-state index in [4.69, 9.17) is 0 Å². The van der Waals surface area contributed by atoms with Gasteiger partial charge in [-0.15, -0.1) is 0 Å². The van der Waals surface area contributed by atoms with Crippen LogP contribution >= 0.6 is 0 Å². The van der Waals surface area contributed by atoms with E-state index >= 15 is 0 Å². The maximum atomic E-state index is 12.2. The molecule has 0 saturated heterocycles. The van der Waals surface area contributed by atoms with Crippen LogP contribution in [0.2, 0.25) is 0 Å². The van der Waals surface area contributed by atoms with Gasteiger partial charge in [0.1, 0.15) is 5.69 Å². The average Bonchev–Trinajstić information content (AvgIpc) is 3.05. The number of hydrogen-bond acceptors (Lipinski definition) is 3. The van der Waals surface area contributed by atoms with Crippen LogP contribution in [-0.2, 0) is 4.79 Å². The molecule has 0 spiro atoms. The highest BCUT2D eigenvalue weighted by atomic mass is 16.2. The van der Waals surface area contributed by atoms with E-state index in [1.54, 1.807) is 22.8 Å². The van der Waals surface area contributed by atoms with Crippen molar-refractivity contribution in [1.82, 2.24) is 14.9 Å². The fourth-order valence-electron chi connectivity index (χ4n) is 2.36. The fraction of sp³-hybridized carbons (Fsp3) is 0.167. The summed E-state index contributed by atoms with van der Waals surface area (Å²) in [5.74, 6) is -0.399. The van der Waals surface area contributed by atoms with Crippen LogP contribution in [0.3, 0.4) is 0 Å². The standard InChI is InChI=1S/C18H18N4O2/c1-13-5-7-14(8-6-13)21-17(23)10-11-19-18(24)16-4-2-3-15-9-12-20-22(15)16/h2-9,12H,10-11H2,1H3,(H,19,24)(H,21,23). The fourth-order valence-corrected chi connectivity index (χ4v) is 2.36. The molecule has 2 heterocycles. The van der Waals surface area contributed by atoms with Crippen LogP contribution in [0.1, 0.15) is 22.5 Å². The van der Waals surface area contributed by atoms with E-state index in [1.807, 2.05) is 43.3 Å². The Kier molecular flexibility index (Phi) is 4.56. The van der Waals surface area contributed by atoms with Crippen molar-refractivity contribution in [1.29, 1.82) is 0 Å². The molecule has 122 valence electrons. The van der Waals surface area contributed by atoms with E-state index in [0.29, 0.717) is 5.69 Å². The second-order valence-electron chi connectivity index (χ2n) is 5.50. The van der Waals surface area contributed by atoms with Gasteiger partial charge in [0.25, 0.3) is 5.91 Å². The molecule has 0 bridgehead atoms. The monoisotopic (exact) mass is 322 g/mol. The van der Waals surface area contributed by atoms with Crippen LogP contribution in [0.5, 0.6) is 0 Å². The summed E-state index contributed by atoms with van der Waals surface area (Å²) in [4.78, 5) is 24.1. The third kappa shape index (κ3) is 3.60. The summed E-state index contributed by atoms with van der Waals surface area (Å²) in [6.07, 6.45) is 1.84. The third-order valence-corrected chi connectivity index (χ3v) is 3.63. The molecule has 6 nitrogen and oxygen atoms in total. The first-order valence-corrected chi connectivity index (χ1v) is 7.71. The van der Waals surface area contributed by atoms with Crippen LogP contribution in [0.15, 0.2) is 54.7 Å². The molecule has 6 heteroatoms. The van der Waals surface area contributed by atoms with E-state index in [0.717, 1.165) is 16.8 Å². The summed E-state index contributed by atoms with van der Waals surface area (Å²) in [5.41, 5.74) is 3.17. The lowest BCUT2D eigenvalue weighted by Crippen LogP contribution is -2.29. The number of rotatable bonds is 5. The van der Waals surface area contributed by atoms with Crippen molar-refractivity contribution < 1.29 is 9.59 Å². The number of aromatic nitrogens is 2. The van der Waals surface area contributed by atoms with Gasteiger partial charge in [-0.1, -0.05) is 23.8 Å². The van der Waals surface area contributed by atoms with E-state index in [2.05, 4.69) is 15.7 Å². The maximum absolute atomic E-state index is 12.2. The number of fused-ring (bicyclic) bond motifs is 1. The summed E-state index contributed by atoms with van der Waals surface area (Å²) >= 11 is 0. The summed E-state index contributed by atoms with van der Waals surface area (Å²) < 4.78 is 1.57. The number of anilines is 1. The quantitative estimate of drug-likeness (QED) is 0.757. The Hall–Kier alpha value is -3.15. The zero-order valence-electron chi connectivity index (χ0n) is 13.3. The molecule has 3 aromatic rings. The first-order chi connectivity index (χ1) is 11.6. The van der Waals surface area contributed by atoms with Crippen LogP contribution in [0, 0.1) is 6.92 Å². The molecule has 2 aromatic heterocycles. The molecule has 24 heavy (non-hydrogen) atoms. The summed E-state index contributed by atoms with van der Waals surface area (Å²) in [5, 5.41) is 9.67. The number of carbonyl (C=O) groups excluding carboxylic acids is 2. The van der Waals surface area contributed by atoms with E-state index in [-0.39, 0.29) is 24.8 Å². The van der Waals surface area contributed by atoms with Crippen molar-refractivity contribution in [2.75, 3.05) is 11.9 Å².